The molecule has 0 aliphatic carbocycles. The summed E-state index contributed by atoms with van der Waals surface area (Å²) in [5.74, 6) is -1.91. The van der Waals surface area contributed by atoms with Crippen molar-refractivity contribution in [3.8, 4) is 11.4 Å². The maximum Gasteiger partial charge on any atom is 0.294 e. The molecule has 2 amide bonds. The van der Waals surface area contributed by atoms with Crippen molar-refractivity contribution in [3.63, 3.8) is 0 Å². The zero-order valence-electron chi connectivity index (χ0n) is 14.0. The number of aromatic hydroxyl groups is 1. The number of phenolic OH excluding ortho intramolecular Hbond substituents is 1. The van der Waals surface area contributed by atoms with Crippen molar-refractivity contribution in [3.05, 3.63) is 81.4 Å². The van der Waals surface area contributed by atoms with Gasteiger partial charge in [-0.1, -0.05) is 11.6 Å². The highest BCUT2D eigenvalue weighted by Gasteiger charge is 2.19. The second kappa shape index (κ2) is 7.76. The summed E-state index contributed by atoms with van der Waals surface area (Å²) >= 11 is 5.77. The zero-order chi connectivity index (χ0) is 20.3. The number of nitro groups is 1. The van der Waals surface area contributed by atoms with Gasteiger partial charge in [-0.25, -0.2) is 4.98 Å². The molecule has 11 heteroatoms. The third kappa shape index (κ3) is 3.91. The van der Waals surface area contributed by atoms with E-state index < -0.39 is 16.7 Å². The summed E-state index contributed by atoms with van der Waals surface area (Å²) < 4.78 is 1.43. The van der Waals surface area contributed by atoms with Crippen LogP contribution in [-0.2, 0) is 0 Å². The third-order valence-electron chi connectivity index (χ3n) is 3.71. The molecule has 1 aromatic heterocycles. The van der Waals surface area contributed by atoms with E-state index in [1.807, 2.05) is 0 Å². The molecular weight excluding hydrogens is 390 g/mol. The normalized spacial score (nSPS) is 10.3. The van der Waals surface area contributed by atoms with Gasteiger partial charge < -0.3 is 9.67 Å². The number of hydrazine groups is 1. The van der Waals surface area contributed by atoms with Crippen LogP contribution in [0.3, 0.4) is 0 Å². The predicted molar refractivity (Wildman–Crippen MR) is 98.3 cm³/mol. The van der Waals surface area contributed by atoms with Crippen LogP contribution in [0.5, 0.6) is 5.75 Å². The van der Waals surface area contributed by atoms with Gasteiger partial charge in [0.1, 0.15) is 11.4 Å². The van der Waals surface area contributed by atoms with E-state index >= 15 is 0 Å². The molecule has 0 aliphatic heterocycles. The van der Waals surface area contributed by atoms with Crippen LogP contribution in [0.15, 0.2) is 55.1 Å². The van der Waals surface area contributed by atoms with Gasteiger partial charge >= 0.3 is 0 Å². The summed E-state index contributed by atoms with van der Waals surface area (Å²) in [4.78, 5) is 38.9. The van der Waals surface area contributed by atoms with Crippen molar-refractivity contribution < 1.29 is 19.6 Å². The Morgan fingerprint density at radius 3 is 2.57 bits per heavy atom. The zero-order valence-corrected chi connectivity index (χ0v) is 14.8. The minimum atomic E-state index is -0.808. The first-order valence-corrected chi connectivity index (χ1v) is 8.10. The van der Waals surface area contributed by atoms with Gasteiger partial charge in [-0.15, -0.1) is 0 Å². The molecule has 3 N–H and O–H groups in total. The molecule has 3 rings (SSSR count). The molecule has 142 valence electrons. The Kier molecular flexibility index (Phi) is 5.23. The first-order valence-electron chi connectivity index (χ1n) is 7.73. The molecule has 10 nitrogen and oxygen atoms in total. The molecule has 28 heavy (non-hydrogen) atoms. The van der Waals surface area contributed by atoms with Gasteiger partial charge in [0.25, 0.3) is 17.5 Å². The van der Waals surface area contributed by atoms with E-state index in [1.54, 1.807) is 0 Å². The van der Waals surface area contributed by atoms with Gasteiger partial charge in [-0.05, 0) is 30.3 Å². The Morgan fingerprint density at radius 1 is 1.14 bits per heavy atom. The molecular formula is C17H12ClN5O5. The van der Waals surface area contributed by atoms with Crippen LogP contribution in [-0.4, -0.2) is 31.4 Å². The van der Waals surface area contributed by atoms with E-state index in [2.05, 4.69) is 15.8 Å². The lowest BCUT2D eigenvalue weighted by atomic mass is 10.1. The first-order chi connectivity index (χ1) is 13.4. The Labute approximate surface area is 162 Å². The quantitative estimate of drug-likeness (QED) is 0.452. The molecule has 0 atom stereocenters. The number of halogens is 1. The number of nitro benzene ring substituents is 1. The van der Waals surface area contributed by atoms with Crippen LogP contribution in [0.1, 0.15) is 20.7 Å². The molecule has 0 unspecified atom stereocenters. The number of carbonyl (C=O) groups excluding carboxylic acids is 2. The van der Waals surface area contributed by atoms with Crippen molar-refractivity contribution in [2.75, 3.05) is 0 Å². The molecule has 0 aliphatic rings. The average molecular weight is 402 g/mol. The van der Waals surface area contributed by atoms with Crippen LogP contribution < -0.4 is 10.9 Å². The largest absolute Gasteiger partial charge is 0.507 e. The van der Waals surface area contributed by atoms with Gasteiger partial charge in [-0.2, -0.15) is 0 Å². The minimum Gasteiger partial charge on any atom is -0.507 e. The topological polar surface area (TPSA) is 139 Å². The molecule has 3 aromatic rings. The number of aromatic nitrogens is 2. The maximum atomic E-state index is 12.2. The number of hydrogen-bond acceptors (Lipinski definition) is 6. The summed E-state index contributed by atoms with van der Waals surface area (Å²) in [7, 11) is 0. The van der Waals surface area contributed by atoms with E-state index in [0.717, 1.165) is 6.07 Å². The summed E-state index contributed by atoms with van der Waals surface area (Å²) in [6.07, 6.45) is 4.38. The molecule has 0 saturated heterocycles. The highest BCUT2D eigenvalue weighted by Crippen LogP contribution is 2.24. The van der Waals surface area contributed by atoms with Crippen LogP contribution >= 0.6 is 11.6 Å². The Hall–Kier alpha value is -3.92. The van der Waals surface area contributed by atoms with Gasteiger partial charge in [0.05, 0.1) is 16.8 Å². The second-order valence-electron chi connectivity index (χ2n) is 5.50. The SMILES string of the molecule is O=C(NNC(=O)c1cc(Cl)ccc1O)c1ccc(-n2ccnc2)c([N+](=O)[O-])c1. The fraction of sp³-hybridized carbons (Fsp3) is 0. The summed E-state index contributed by atoms with van der Waals surface area (Å²) in [6, 6.07) is 7.68. The molecule has 0 radical (unpaired) electrons. The number of nitrogens with one attached hydrogen (secondary N) is 2. The number of benzene rings is 2. The Morgan fingerprint density at radius 2 is 1.89 bits per heavy atom. The standard InChI is InChI=1S/C17H12ClN5O5/c18-11-2-4-15(24)12(8-11)17(26)21-20-16(25)10-1-3-13(14(7-10)23(27)28)22-6-5-19-9-22/h1-9,24H,(H,20,25)(H,21,26). The van der Waals surface area contributed by atoms with E-state index in [9.17, 15) is 24.8 Å². The monoisotopic (exact) mass is 401 g/mol. The van der Waals surface area contributed by atoms with E-state index in [-0.39, 0.29) is 33.3 Å². The molecule has 0 saturated carbocycles. The molecule has 2 aromatic carbocycles. The fourth-order valence-corrected chi connectivity index (χ4v) is 2.55. The van der Waals surface area contributed by atoms with Crippen molar-refractivity contribution >= 4 is 29.1 Å². The number of nitrogens with zero attached hydrogens (tertiary/aromatic N) is 3. The molecule has 0 bridgehead atoms. The first kappa shape index (κ1) is 18.9. The van der Waals surface area contributed by atoms with Gasteiger partial charge in [0, 0.05) is 29.0 Å². The molecule has 0 fully saturated rings. The lowest BCUT2D eigenvalue weighted by molar-refractivity contribution is -0.384. The summed E-state index contributed by atoms with van der Waals surface area (Å²) in [6.45, 7) is 0. The predicted octanol–water partition coefficient (Wildman–Crippen LogP) is 2.21. The Bertz CT molecular complexity index is 1070. The van der Waals surface area contributed by atoms with Crippen LogP contribution in [0.4, 0.5) is 5.69 Å². The van der Waals surface area contributed by atoms with Crippen LogP contribution in [0, 0.1) is 10.1 Å². The van der Waals surface area contributed by atoms with Gasteiger partial charge in [0.2, 0.25) is 0 Å². The van der Waals surface area contributed by atoms with E-state index in [1.165, 1.54) is 53.6 Å². The van der Waals surface area contributed by atoms with Crippen molar-refractivity contribution in [1.82, 2.24) is 20.4 Å². The number of amides is 2. The van der Waals surface area contributed by atoms with Crippen molar-refractivity contribution in [1.29, 1.82) is 0 Å². The highest BCUT2D eigenvalue weighted by molar-refractivity contribution is 6.31. The number of carbonyl (C=O) groups is 2. The summed E-state index contributed by atoms with van der Waals surface area (Å²) in [5, 5.41) is 21.3. The lowest BCUT2D eigenvalue weighted by Crippen LogP contribution is -2.41. The van der Waals surface area contributed by atoms with Gasteiger partial charge in [-0.3, -0.25) is 30.6 Å². The summed E-state index contributed by atoms with van der Waals surface area (Å²) in [5.41, 5.74) is 3.96. The highest BCUT2D eigenvalue weighted by atomic mass is 35.5. The van der Waals surface area contributed by atoms with Crippen LogP contribution in [0.25, 0.3) is 5.69 Å². The average Bonchev–Trinajstić information content (AvgIpc) is 3.21. The van der Waals surface area contributed by atoms with Crippen molar-refractivity contribution in [2.24, 2.45) is 0 Å². The maximum absolute atomic E-state index is 12.2. The second-order valence-corrected chi connectivity index (χ2v) is 5.94. The lowest BCUT2D eigenvalue weighted by Gasteiger charge is -2.10. The van der Waals surface area contributed by atoms with Crippen molar-refractivity contribution in [2.45, 2.75) is 0 Å². The van der Waals surface area contributed by atoms with E-state index in [0.29, 0.717) is 0 Å². The number of imidazole rings is 1. The van der Waals surface area contributed by atoms with E-state index in [4.69, 9.17) is 11.6 Å². The number of phenols is 1. The number of hydrogen-bond donors (Lipinski definition) is 3. The van der Waals surface area contributed by atoms with Gasteiger partial charge in [0.15, 0.2) is 0 Å². The third-order valence-corrected chi connectivity index (χ3v) is 3.94. The molecule has 0 spiro atoms. The number of rotatable bonds is 4. The molecule has 1 heterocycles. The minimum absolute atomic E-state index is 0.0498. The smallest absolute Gasteiger partial charge is 0.294 e. The van der Waals surface area contributed by atoms with Crippen LogP contribution in [0.2, 0.25) is 5.02 Å². The fourth-order valence-electron chi connectivity index (χ4n) is 2.37. The Balaban J connectivity index is 1.77.